The Morgan fingerprint density at radius 2 is 2.15 bits per heavy atom. The average Bonchev–Trinajstić information content (AvgIpc) is 2.78. The van der Waals surface area contributed by atoms with Gasteiger partial charge in [0.05, 0.1) is 6.10 Å². The molecule has 1 aromatic carbocycles. The number of carbonyl (C=O) groups is 2. The van der Waals surface area contributed by atoms with Gasteiger partial charge in [0.2, 0.25) is 5.91 Å². The summed E-state index contributed by atoms with van der Waals surface area (Å²) in [5.74, 6) is -1.50. The topological polar surface area (TPSA) is 77.8 Å². The van der Waals surface area contributed by atoms with Gasteiger partial charge >= 0.3 is 5.97 Å². The van der Waals surface area contributed by atoms with Crippen molar-refractivity contribution in [3.63, 3.8) is 0 Å². The highest BCUT2D eigenvalue weighted by Gasteiger charge is 2.37. The van der Waals surface area contributed by atoms with E-state index in [0.717, 1.165) is 10.0 Å². The summed E-state index contributed by atoms with van der Waals surface area (Å²) in [5, 5.41) is 18.5. The van der Waals surface area contributed by atoms with Gasteiger partial charge in [-0.05, 0) is 23.8 Å². The fraction of sp³-hybridized carbons (Fsp3) is 0.286. The highest BCUT2D eigenvalue weighted by Crippen LogP contribution is 2.19. The number of benzene rings is 1. The van der Waals surface area contributed by atoms with Crippen LogP contribution in [0.25, 0.3) is 6.08 Å². The van der Waals surface area contributed by atoms with Crippen molar-refractivity contribution >= 4 is 33.9 Å². The third kappa shape index (κ3) is 3.46. The van der Waals surface area contributed by atoms with Crippen LogP contribution in [0.4, 0.5) is 0 Å². The van der Waals surface area contributed by atoms with Crippen molar-refractivity contribution < 1.29 is 19.8 Å². The molecule has 20 heavy (non-hydrogen) atoms. The van der Waals surface area contributed by atoms with Gasteiger partial charge in [0.15, 0.2) is 0 Å². The first-order valence-corrected chi connectivity index (χ1v) is 6.92. The first-order valence-electron chi connectivity index (χ1n) is 6.12. The predicted octanol–water partition coefficient (Wildman–Crippen LogP) is 1.51. The summed E-state index contributed by atoms with van der Waals surface area (Å²) in [6.07, 6.45) is 2.25. The molecule has 0 aromatic heterocycles. The Kier molecular flexibility index (Phi) is 4.57. The average molecular weight is 340 g/mol. The number of aliphatic carboxylic acids is 1. The number of carbonyl (C=O) groups excluding carboxylic acids is 1. The predicted molar refractivity (Wildman–Crippen MR) is 76.9 cm³/mol. The third-order valence-corrected chi connectivity index (χ3v) is 3.61. The Labute approximate surface area is 124 Å². The molecule has 0 bridgehead atoms. The number of aliphatic hydroxyl groups is 1. The van der Waals surface area contributed by atoms with E-state index in [4.69, 9.17) is 5.11 Å². The maximum Gasteiger partial charge on any atom is 0.326 e. The van der Waals surface area contributed by atoms with Gasteiger partial charge in [-0.15, -0.1) is 0 Å². The summed E-state index contributed by atoms with van der Waals surface area (Å²) in [5.41, 5.74) is 0.833. The zero-order chi connectivity index (χ0) is 14.7. The Hall–Kier alpha value is -1.66. The summed E-state index contributed by atoms with van der Waals surface area (Å²) in [4.78, 5) is 24.2. The molecule has 2 N–H and O–H groups in total. The fourth-order valence-corrected chi connectivity index (χ4v) is 2.58. The molecule has 6 heteroatoms. The quantitative estimate of drug-likeness (QED) is 0.818. The van der Waals surface area contributed by atoms with E-state index in [1.165, 1.54) is 11.0 Å². The minimum atomic E-state index is -1.09. The lowest BCUT2D eigenvalue weighted by molar-refractivity contribution is -0.146. The number of hydrogen-bond donors (Lipinski definition) is 2. The number of aliphatic hydroxyl groups excluding tert-OH is 1. The highest BCUT2D eigenvalue weighted by molar-refractivity contribution is 9.10. The van der Waals surface area contributed by atoms with Crippen molar-refractivity contribution in [1.29, 1.82) is 0 Å². The van der Waals surface area contributed by atoms with Crippen LogP contribution in [0, 0.1) is 0 Å². The summed E-state index contributed by atoms with van der Waals surface area (Å²) in [6, 6.07) is 6.44. The lowest BCUT2D eigenvalue weighted by atomic mass is 10.2. The van der Waals surface area contributed by atoms with Crippen molar-refractivity contribution in [3.05, 3.63) is 40.4 Å². The van der Waals surface area contributed by atoms with Gasteiger partial charge in [-0.3, -0.25) is 4.79 Å². The Morgan fingerprint density at radius 1 is 1.40 bits per heavy atom. The van der Waals surface area contributed by atoms with E-state index in [1.807, 2.05) is 24.3 Å². The molecule has 106 valence electrons. The standard InChI is InChI=1S/C14H14BrNO4/c15-10-3-1-2-9(6-10)4-5-13(18)16-8-11(17)7-12(16)14(19)20/h1-6,11-12,17H,7-8H2,(H,19,20)/b5-4+. The van der Waals surface area contributed by atoms with Gasteiger partial charge < -0.3 is 15.1 Å². The van der Waals surface area contributed by atoms with Gasteiger partial charge in [-0.2, -0.15) is 0 Å². The second-order valence-corrected chi connectivity index (χ2v) is 5.54. The molecule has 0 aliphatic carbocycles. The molecule has 2 unspecified atom stereocenters. The van der Waals surface area contributed by atoms with Crippen LogP contribution in [0.2, 0.25) is 0 Å². The van der Waals surface area contributed by atoms with E-state index in [2.05, 4.69) is 15.9 Å². The normalized spacial score (nSPS) is 22.4. The van der Waals surface area contributed by atoms with Crippen molar-refractivity contribution in [3.8, 4) is 0 Å². The van der Waals surface area contributed by atoms with Crippen LogP contribution in [0.15, 0.2) is 34.8 Å². The zero-order valence-corrected chi connectivity index (χ0v) is 12.2. The maximum atomic E-state index is 12.0. The molecule has 0 saturated carbocycles. The number of halogens is 1. The lowest BCUT2D eigenvalue weighted by Gasteiger charge is -2.19. The maximum absolute atomic E-state index is 12.0. The van der Waals surface area contributed by atoms with Crippen molar-refractivity contribution in [2.45, 2.75) is 18.6 Å². The summed E-state index contributed by atoms with van der Waals surface area (Å²) >= 11 is 3.33. The van der Waals surface area contributed by atoms with Crippen LogP contribution < -0.4 is 0 Å². The molecule has 2 rings (SSSR count). The van der Waals surface area contributed by atoms with Crippen LogP contribution >= 0.6 is 15.9 Å². The Morgan fingerprint density at radius 3 is 2.80 bits per heavy atom. The second kappa shape index (κ2) is 6.19. The summed E-state index contributed by atoms with van der Waals surface area (Å²) < 4.78 is 0.895. The molecule has 2 atom stereocenters. The highest BCUT2D eigenvalue weighted by atomic mass is 79.9. The van der Waals surface area contributed by atoms with E-state index < -0.39 is 24.0 Å². The number of carboxylic acids is 1. The van der Waals surface area contributed by atoms with E-state index in [-0.39, 0.29) is 13.0 Å². The van der Waals surface area contributed by atoms with Gasteiger partial charge in [-0.25, -0.2) is 4.79 Å². The van der Waals surface area contributed by atoms with E-state index in [0.29, 0.717) is 0 Å². The molecular formula is C14H14BrNO4. The Bertz CT molecular complexity index is 558. The molecule has 0 spiro atoms. The molecule has 0 radical (unpaired) electrons. The summed E-state index contributed by atoms with van der Waals surface area (Å²) in [6.45, 7) is 0.0542. The largest absolute Gasteiger partial charge is 0.480 e. The smallest absolute Gasteiger partial charge is 0.326 e. The number of amides is 1. The van der Waals surface area contributed by atoms with Crippen LogP contribution in [0.3, 0.4) is 0 Å². The molecule has 5 nitrogen and oxygen atoms in total. The molecule has 1 fully saturated rings. The van der Waals surface area contributed by atoms with E-state index in [1.54, 1.807) is 6.08 Å². The van der Waals surface area contributed by atoms with E-state index in [9.17, 15) is 14.7 Å². The number of likely N-dealkylation sites (tertiary alicyclic amines) is 1. The minimum Gasteiger partial charge on any atom is -0.480 e. The van der Waals surface area contributed by atoms with Gasteiger partial charge in [-0.1, -0.05) is 28.1 Å². The number of hydrogen-bond acceptors (Lipinski definition) is 3. The monoisotopic (exact) mass is 339 g/mol. The van der Waals surface area contributed by atoms with Crippen LogP contribution in [-0.2, 0) is 9.59 Å². The number of rotatable bonds is 3. The number of nitrogens with zero attached hydrogens (tertiary/aromatic N) is 1. The first kappa shape index (κ1) is 14.7. The second-order valence-electron chi connectivity index (χ2n) is 4.62. The molecule has 1 saturated heterocycles. The van der Waals surface area contributed by atoms with Crippen LogP contribution in [0.5, 0.6) is 0 Å². The van der Waals surface area contributed by atoms with E-state index >= 15 is 0 Å². The molecule has 1 aromatic rings. The van der Waals surface area contributed by atoms with Gasteiger partial charge in [0.1, 0.15) is 6.04 Å². The third-order valence-electron chi connectivity index (χ3n) is 3.11. The minimum absolute atomic E-state index is 0.0542. The molecule has 1 aliphatic rings. The van der Waals surface area contributed by atoms with Gasteiger partial charge in [0, 0.05) is 23.5 Å². The molecule has 1 heterocycles. The van der Waals surface area contributed by atoms with Crippen molar-refractivity contribution in [1.82, 2.24) is 4.90 Å². The van der Waals surface area contributed by atoms with Crippen molar-refractivity contribution in [2.75, 3.05) is 6.54 Å². The fourth-order valence-electron chi connectivity index (χ4n) is 2.16. The SMILES string of the molecule is O=C(O)C1CC(O)CN1C(=O)/C=C/c1cccc(Br)c1. The molecular weight excluding hydrogens is 326 g/mol. The Balaban J connectivity index is 2.09. The molecule has 1 aliphatic heterocycles. The van der Waals surface area contributed by atoms with Crippen LogP contribution in [0.1, 0.15) is 12.0 Å². The van der Waals surface area contributed by atoms with Crippen molar-refractivity contribution in [2.24, 2.45) is 0 Å². The summed E-state index contributed by atoms with van der Waals surface area (Å²) in [7, 11) is 0. The number of β-amino-alcohol motifs (C(OH)–C–C–N with tert-alkyl or cyclic N) is 1. The molecule has 1 amide bonds. The lowest BCUT2D eigenvalue weighted by Crippen LogP contribution is -2.39. The zero-order valence-electron chi connectivity index (χ0n) is 10.6. The van der Waals surface area contributed by atoms with Gasteiger partial charge in [0.25, 0.3) is 0 Å². The van der Waals surface area contributed by atoms with Crippen LogP contribution in [-0.4, -0.2) is 45.7 Å². The number of carboxylic acid groups (broad SMARTS) is 1. The first-order chi connectivity index (χ1) is 9.47.